The lowest BCUT2D eigenvalue weighted by Gasteiger charge is -2.33. The molecule has 6 rings (SSSR count). The van der Waals surface area contributed by atoms with E-state index in [0.29, 0.717) is 17.8 Å². The van der Waals surface area contributed by atoms with Gasteiger partial charge in [-0.25, -0.2) is 4.98 Å². The Kier molecular flexibility index (Phi) is 7.72. The van der Waals surface area contributed by atoms with Crippen molar-refractivity contribution in [2.45, 2.75) is 38.3 Å². The van der Waals surface area contributed by atoms with Gasteiger partial charge in [0.25, 0.3) is 5.19 Å². The van der Waals surface area contributed by atoms with E-state index in [9.17, 15) is 4.79 Å². The largest absolute Gasteiger partial charge is 0.465 e. The molecule has 4 aromatic rings. The molecule has 200 valence electrons. The van der Waals surface area contributed by atoms with Crippen molar-refractivity contribution in [2.75, 3.05) is 26.2 Å². The number of esters is 1. The summed E-state index contributed by atoms with van der Waals surface area (Å²) in [6.07, 6.45) is 4.50. The molecule has 1 aromatic heterocycles. The number of carbonyl (C=O) groups is 1. The lowest BCUT2D eigenvalue weighted by molar-refractivity contribution is -0.141. The molecule has 0 saturated carbocycles. The van der Waals surface area contributed by atoms with Crippen LogP contribution in [-0.2, 0) is 16.1 Å². The number of para-hydroxylation sites is 1. The number of hydrogen-bond acceptors (Lipinski definition) is 7. The highest BCUT2D eigenvalue weighted by Crippen LogP contribution is 2.36. The molecule has 1 unspecified atom stereocenters. The predicted octanol–water partition coefficient (Wildman–Crippen LogP) is 6.39. The van der Waals surface area contributed by atoms with Gasteiger partial charge in [-0.3, -0.25) is 9.69 Å². The summed E-state index contributed by atoms with van der Waals surface area (Å²) in [4.78, 5) is 18.5. The van der Waals surface area contributed by atoms with E-state index >= 15 is 0 Å². The molecule has 7 heteroatoms. The van der Waals surface area contributed by atoms with Gasteiger partial charge >= 0.3 is 5.97 Å². The van der Waals surface area contributed by atoms with Crippen LogP contribution in [0.25, 0.3) is 16.3 Å². The number of piperidine rings is 1. The van der Waals surface area contributed by atoms with E-state index in [1.807, 2.05) is 30.3 Å². The van der Waals surface area contributed by atoms with Gasteiger partial charge in [0.15, 0.2) is 0 Å². The Balaban J connectivity index is 0.973. The van der Waals surface area contributed by atoms with Crippen molar-refractivity contribution < 1.29 is 14.3 Å². The summed E-state index contributed by atoms with van der Waals surface area (Å²) in [6.45, 7) is 5.78. The fraction of sp³-hybridized carbons (Fsp3) is 0.312. The number of hydrogen-bond donors (Lipinski definition) is 1. The summed E-state index contributed by atoms with van der Waals surface area (Å²) < 4.78 is 12.5. The third-order valence-corrected chi connectivity index (χ3v) is 8.52. The van der Waals surface area contributed by atoms with Crippen molar-refractivity contribution in [3.05, 3.63) is 95.1 Å². The minimum Gasteiger partial charge on any atom is -0.465 e. The third-order valence-electron chi connectivity index (χ3n) is 7.60. The Hall–Kier alpha value is -3.52. The normalized spacial score (nSPS) is 17.7. The average molecular weight is 540 g/mol. The Bertz CT molecular complexity index is 1440. The number of aromatic nitrogens is 1. The maximum atomic E-state index is 11.4. The minimum absolute atomic E-state index is 0.138. The fourth-order valence-corrected chi connectivity index (χ4v) is 6.34. The maximum Gasteiger partial charge on any atom is 0.302 e. The molecule has 3 aromatic carbocycles. The molecule has 0 spiro atoms. The summed E-state index contributed by atoms with van der Waals surface area (Å²) >= 11 is 1.57. The summed E-state index contributed by atoms with van der Waals surface area (Å²) in [5, 5.41) is 4.46. The number of ether oxygens (including phenoxy) is 2. The summed E-state index contributed by atoms with van der Waals surface area (Å²) in [5.74, 6) is 0.727. The van der Waals surface area contributed by atoms with Crippen LogP contribution in [0.15, 0.2) is 78.4 Å². The highest BCUT2D eigenvalue weighted by atomic mass is 32.1. The van der Waals surface area contributed by atoms with Crippen LogP contribution in [0.5, 0.6) is 10.9 Å². The van der Waals surface area contributed by atoms with Crippen molar-refractivity contribution >= 4 is 33.6 Å². The highest BCUT2D eigenvalue weighted by Gasteiger charge is 2.27. The van der Waals surface area contributed by atoms with Crippen LogP contribution in [0.2, 0.25) is 0 Å². The molecular formula is C32H33N3O3S. The zero-order valence-corrected chi connectivity index (χ0v) is 23.0. The maximum absolute atomic E-state index is 11.4. The molecule has 1 aliphatic carbocycles. The van der Waals surface area contributed by atoms with Gasteiger partial charge in [0, 0.05) is 32.0 Å². The Morgan fingerprint density at radius 3 is 2.59 bits per heavy atom. The van der Waals surface area contributed by atoms with Gasteiger partial charge in [0.1, 0.15) is 12.4 Å². The number of nitrogens with one attached hydrogen (secondary N) is 1. The molecule has 0 radical (unpaired) electrons. The second kappa shape index (κ2) is 11.7. The van der Waals surface area contributed by atoms with Gasteiger partial charge in [0.2, 0.25) is 0 Å². The van der Waals surface area contributed by atoms with Crippen LogP contribution in [0, 0.1) is 0 Å². The van der Waals surface area contributed by atoms with E-state index in [1.165, 1.54) is 29.2 Å². The van der Waals surface area contributed by atoms with Gasteiger partial charge in [0.05, 0.1) is 10.2 Å². The van der Waals surface area contributed by atoms with E-state index in [1.54, 1.807) is 11.3 Å². The van der Waals surface area contributed by atoms with Crippen molar-refractivity contribution in [3.63, 3.8) is 0 Å². The summed E-state index contributed by atoms with van der Waals surface area (Å²) in [7, 11) is 0. The number of benzene rings is 3. The topological polar surface area (TPSA) is 63.7 Å². The molecule has 0 amide bonds. The second-order valence-corrected chi connectivity index (χ2v) is 11.3. The van der Waals surface area contributed by atoms with Crippen LogP contribution in [0.3, 0.4) is 0 Å². The number of thiazole rings is 1. The quantitative estimate of drug-likeness (QED) is 0.249. The molecule has 39 heavy (non-hydrogen) atoms. The smallest absolute Gasteiger partial charge is 0.302 e. The molecule has 2 heterocycles. The Morgan fingerprint density at radius 1 is 1.03 bits per heavy atom. The van der Waals surface area contributed by atoms with Gasteiger partial charge in [-0.05, 0) is 72.5 Å². The van der Waals surface area contributed by atoms with E-state index in [0.717, 1.165) is 55.0 Å². The summed E-state index contributed by atoms with van der Waals surface area (Å²) in [6, 6.07) is 25.4. The zero-order valence-electron chi connectivity index (χ0n) is 22.1. The minimum atomic E-state index is -0.227. The SMILES string of the molecule is CC(=O)OCC1C(CNC2CCN(Cc3ccc(Oc4nc5ccccc5s4)cc3)CC2)=Cc2ccccc21. The number of nitrogens with zero attached hydrogens (tertiary/aromatic N) is 2. The van der Waals surface area contributed by atoms with E-state index < -0.39 is 0 Å². The molecule has 0 bridgehead atoms. The van der Waals surface area contributed by atoms with E-state index in [-0.39, 0.29) is 11.9 Å². The molecule has 2 aliphatic rings. The molecule has 6 nitrogen and oxygen atoms in total. The van der Waals surface area contributed by atoms with Crippen LogP contribution in [-0.4, -0.2) is 48.1 Å². The standard InChI is InChI=1S/C32H33N3O3S/c1-22(36)37-21-29-25(18-24-6-2-3-7-28(24)29)19-33-26-14-16-35(17-15-26)20-23-10-12-27(13-11-23)38-32-34-30-8-4-5-9-31(30)39-32/h2-13,18,26,29,33H,14-17,19-21H2,1H3. The fourth-order valence-electron chi connectivity index (χ4n) is 5.51. The second-order valence-electron chi connectivity index (χ2n) is 10.3. The van der Waals surface area contributed by atoms with Crippen LogP contribution in [0.4, 0.5) is 0 Å². The third kappa shape index (κ3) is 6.22. The van der Waals surface area contributed by atoms with Gasteiger partial charge in [-0.2, -0.15) is 0 Å². The monoisotopic (exact) mass is 539 g/mol. The zero-order chi connectivity index (χ0) is 26.6. The van der Waals surface area contributed by atoms with E-state index in [2.05, 4.69) is 63.7 Å². The van der Waals surface area contributed by atoms with E-state index in [4.69, 9.17) is 9.47 Å². The van der Waals surface area contributed by atoms with Gasteiger partial charge < -0.3 is 14.8 Å². The molecule has 1 saturated heterocycles. The predicted molar refractivity (Wildman–Crippen MR) is 156 cm³/mol. The van der Waals surface area contributed by atoms with Gasteiger partial charge in [-0.1, -0.05) is 65.9 Å². The Labute approximate surface area is 233 Å². The molecule has 1 atom stereocenters. The first-order valence-corrected chi connectivity index (χ1v) is 14.4. The lowest BCUT2D eigenvalue weighted by atomic mass is 9.96. The number of fused-ring (bicyclic) bond motifs is 2. The molecule has 1 aliphatic heterocycles. The average Bonchev–Trinajstić information content (AvgIpc) is 3.53. The van der Waals surface area contributed by atoms with Crippen molar-refractivity contribution in [1.29, 1.82) is 0 Å². The van der Waals surface area contributed by atoms with Crippen molar-refractivity contribution in [3.8, 4) is 10.9 Å². The van der Waals surface area contributed by atoms with Crippen molar-refractivity contribution in [1.82, 2.24) is 15.2 Å². The first kappa shape index (κ1) is 25.7. The van der Waals surface area contributed by atoms with Gasteiger partial charge in [-0.15, -0.1) is 0 Å². The highest BCUT2D eigenvalue weighted by molar-refractivity contribution is 7.20. The number of rotatable bonds is 9. The summed E-state index contributed by atoms with van der Waals surface area (Å²) in [5.41, 5.74) is 6.05. The van der Waals surface area contributed by atoms with Crippen LogP contribution >= 0.6 is 11.3 Å². The first-order valence-electron chi connectivity index (χ1n) is 13.6. The number of carbonyl (C=O) groups excluding carboxylic acids is 1. The molecule has 1 N–H and O–H groups in total. The van der Waals surface area contributed by atoms with Crippen LogP contribution in [0.1, 0.15) is 42.4 Å². The van der Waals surface area contributed by atoms with Crippen molar-refractivity contribution in [2.24, 2.45) is 0 Å². The molecule has 1 fully saturated rings. The molecular weight excluding hydrogens is 506 g/mol. The lowest BCUT2D eigenvalue weighted by Crippen LogP contribution is -2.42. The number of likely N-dealkylation sites (tertiary alicyclic amines) is 1. The Morgan fingerprint density at radius 2 is 1.79 bits per heavy atom. The van der Waals surface area contributed by atoms with Crippen LogP contribution < -0.4 is 10.1 Å². The first-order chi connectivity index (χ1) is 19.1.